The first-order chi connectivity index (χ1) is 12.9. The summed E-state index contributed by atoms with van der Waals surface area (Å²) in [6.45, 7) is 0.564. The SMILES string of the molecule is CN1CCc2cc(Cl)c(NC(=O)CO)c([N+](=O)[O-])c2[C@@H](c2ccccc2)C1. The number of amides is 1. The smallest absolute Gasteiger partial charge is 0.298 e. The molecule has 0 unspecified atom stereocenters. The molecule has 1 aliphatic rings. The van der Waals surface area contributed by atoms with Crippen LogP contribution in [-0.4, -0.2) is 47.6 Å². The largest absolute Gasteiger partial charge is 0.387 e. The van der Waals surface area contributed by atoms with Crippen LogP contribution >= 0.6 is 11.6 Å². The van der Waals surface area contributed by atoms with E-state index in [-0.39, 0.29) is 22.3 Å². The molecule has 0 aliphatic carbocycles. The number of benzene rings is 2. The van der Waals surface area contributed by atoms with Gasteiger partial charge in [0, 0.05) is 24.6 Å². The number of likely N-dealkylation sites (N-methyl/N-ethyl adjacent to an activating group) is 1. The van der Waals surface area contributed by atoms with Crippen LogP contribution in [0.1, 0.15) is 22.6 Å². The summed E-state index contributed by atoms with van der Waals surface area (Å²) >= 11 is 6.28. The van der Waals surface area contributed by atoms with Crippen LogP contribution in [0.15, 0.2) is 36.4 Å². The van der Waals surface area contributed by atoms with Crippen molar-refractivity contribution in [3.8, 4) is 0 Å². The Morgan fingerprint density at radius 3 is 2.74 bits per heavy atom. The van der Waals surface area contributed by atoms with Gasteiger partial charge in [-0.05, 0) is 30.7 Å². The number of halogens is 1. The number of carbonyl (C=O) groups is 1. The molecule has 1 aliphatic heterocycles. The van der Waals surface area contributed by atoms with Gasteiger partial charge in [-0.3, -0.25) is 14.9 Å². The highest BCUT2D eigenvalue weighted by Crippen LogP contribution is 2.44. The maximum absolute atomic E-state index is 12.0. The van der Waals surface area contributed by atoms with Crippen molar-refractivity contribution in [2.24, 2.45) is 0 Å². The third-order valence-corrected chi connectivity index (χ3v) is 5.07. The minimum absolute atomic E-state index is 0.0649. The number of hydrogen-bond acceptors (Lipinski definition) is 5. The summed E-state index contributed by atoms with van der Waals surface area (Å²) in [5.41, 5.74) is 2.05. The highest BCUT2D eigenvalue weighted by atomic mass is 35.5. The number of nitrogens with zero attached hydrogens (tertiary/aromatic N) is 2. The zero-order valence-corrected chi connectivity index (χ0v) is 15.6. The van der Waals surface area contributed by atoms with E-state index >= 15 is 0 Å². The lowest BCUT2D eigenvalue weighted by atomic mass is 9.86. The van der Waals surface area contributed by atoms with Crippen molar-refractivity contribution in [2.45, 2.75) is 12.3 Å². The molecule has 8 heteroatoms. The lowest BCUT2D eigenvalue weighted by molar-refractivity contribution is -0.384. The Hall–Kier alpha value is -2.48. The van der Waals surface area contributed by atoms with Gasteiger partial charge < -0.3 is 15.3 Å². The van der Waals surface area contributed by atoms with Crippen molar-refractivity contribution in [3.05, 3.63) is 68.2 Å². The Balaban J connectivity index is 2.27. The van der Waals surface area contributed by atoms with Crippen molar-refractivity contribution in [3.63, 3.8) is 0 Å². The Kier molecular flexibility index (Phi) is 5.74. The molecular formula is C19H20ClN3O4. The molecule has 2 aromatic carbocycles. The number of anilines is 1. The minimum Gasteiger partial charge on any atom is -0.387 e. The molecule has 27 heavy (non-hydrogen) atoms. The summed E-state index contributed by atoms with van der Waals surface area (Å²) in [5.74, 6) is -0.988. The number of fused-ring (bicyclic) bond motifs is 1. The summed E-state index contributed by atoms with van der Waals surface area (Å²) < 4.78 is 0. The molecule has 1 atom stereocenters. The highest BCUT2D eigenvalue weighted by molar-refractivity contribution is 6.34. The molecule has 142 valence electrons. The third kappa shape index (κ3) is 3.95. The van der Waals surface area contributed by atoms with Gasteiger partial charge >= 0.3 is 0 Å². The first kappa shape index (κ1) is 19.3. The van der Waals surface area contributed by atoms with Crippen LogP contribution < -0.4 is 5.32 Å². The molecule has 2 N–H and O–H groups in total. The zero-order chi connectivity index (χ0) is 19.6. The highest BCUT2D eigenvalue weighted by Gasteiger charge is 2.34. The van der Waals surface area contributed by atoms with E-state index in [1.54, 1.807) is 6.07 Å². The number of aliphatic hydroxyl groups is 1. The van der Waals surface area contributed by atoms with E-state index < -0.39 is 17.4 Å². The molecule has 7 nitrogen and oxygen atoms in total. The molecule has 0 saturated heterocycles. The number of carbonyl (C=O) groups excluding carboxylic acids is 1. The molecule has 3 rings (SSSR count). The fourth-order valence-corrected chi connectivity index (χ4v) is 3.82. The number of hydrogen-bond donors (Lipinski definition) is 2. The van der Waals surface area contributed by atoms with Gasteiger partial charge in [0.1, 0.15) is 12.3 Å². The quantitative estimate of drug-likeness (QED) is 0.619. The normalized spacial score (nSPS) is 17.1. The average Bonchev–Trinajstić information content (AvgIpc) is 2.81. The number of nitrogens with one attached hydrogen (secondary N) is 1. The average molecular weight is 390 g/mol. The van der Waals surface area contributed by atoms with Crippen LogP contribution in [0.5, 0.6) is 0 Å². The lowest BCUT2D eigenvalue weighted by Crippen LogP contribution is -2.24. The molecule has 0 fully saturated rings. The van der Waals surface area contributed by atoms with Crippen LogP contribution in [0.4, 0.5) is 11.4 Å². The molecule has 0 aromatic heterocycles. The van der Waals surface area contributed by atoms with Gasteiger partial charge in [-0.1, -0.05) is 41.9 Å². The molecule has 0 bridgehead atoms. The van der Waals surface area contributed by atoms with Crippen molar-refractivity contribution in [1.29, 1.82) is 0 Å². The van der Waals surface area contributed by atoms with Gasteiger partial charge in [0.2, 0.25) is 5.91 Å². The predicted octanol–water partition coefficient (Wildman–Crippen LogP) is 2.80. The van der Waals surface area contributed by atoms with Crippen LogP contribution in [0, 0.1) is 10.1 Å². The molecular weight excluding hydrogens is 370 g/mol. The standard InChI is InChI=1S/C19H20ClN3O4/c1-22-8-7-13-9-15(20)18(21-16(25)11-24)19(23(26)27)17(13)14(10-22)12-5-3-2-4-6-12/h2-6,9,14,24H,7-8,10-11H2,1H3,(H,21,25)/t14-/m1/s1. The van der Waals surface area contributed by atoms with Crippen LogP contribution in [0.3, 0.4) is 0 Å². The van der Waals surface area contributed by atoms with E-state index in [1.807, 2.05) is 37.4 Å². The number of nitro benzene ring substituents is 1. The maximum atomic E-state index is 12.0. The van der Waals surface area contributed by atoms with E-state index in [0.717, 1.165) is 17.7 Å². The maximum Gasteiger partial charge on any atom is 0.298 e. The summed E-state index contributed by atoms with van der Waals surface area (Å²) in [6, 6.07) is 11.3. The van der Waals surface area contributed by atoms with Gasteiger partial charge in [-0.15, -0.1) is 0 Å². The number of nitro groups is 1. The second-order valence-corrected chi connectivity index (χ2v) is 7.00. The second-order valence-electron chi connectivity index (χ2n) is 6.59. The van der Waals surface area contributed by atoms with Crippen LogP contribution in [0.2, 0.25) is 5.02 Å². The molecule has 1 heterocycles. The van der Waals surface area contributed by atoms with E-state index in [9.17, 15) is 14.9 Å². The molecule has 2 aromatic rings. The molecule has 0 saturated carbocycles. The van der Waals surface area contributed by atoms with E-state index in [2.05, 4.69) is 10.2 Å². The predicted molar refractivity (Wildman–Crippen MR) is 103 cm³/mol. The summed E-state index contributed by atoms with van der Waals surface area (Å²) in [7, 11) is 1.98. The summed E-state index contributed by atoms with van der Waals surface area (Å²) in [6.07, 6.45) is 0.615. The fourth-order valence-electron chi connectivity index (χ4n) is 3.55. The number of rotatable bonds is 4. The first-order valence-electron chi connectivity index (χ1n) is 8.56. The van der Waals surface area contributed by atoms with Crippen molar-refractivity contribution in [2.75, 3.05) is 32.1 Å². The van der Waals surface area contributed by atoms with Crippen LogP contribution in [0.25, 0.3) is 0 Å². The topological polar surface area (TPSA) is 95.7 Å². The Morgan fingerprint density at radius 2 is 2.11 bits per heavy atom. The van der Waals surface area contributed by atoms with E-state index in [1.165, 1.54) is 0 Å². The monoisotopic (exact) mass is 389 g/mol. The molecule has 0 spiro atoms. The van der Waals surface area contributed by atoms with E-state index in [4.69, 9.17) is 16.7 Å². The van der Waals surface area contributed by atoms with Crippen molar-refractivity contribution in [1.82, 2.24) is 4.90 Å². The summed E-state index contributed by atoms with van der Waals surface area (Å²) in [5, 5.41) is 23.5. The lowest BCUT2D eigenvalue weighted by Gasteiger charge is -2.23. The Labute approximate surface area is 161 Å². The third-order valence-electron chi connectivity index (χ3n) is 4.78. The fraction of sp³-hybridized carbons (Fsp3) is 0.316. The Bertz CT molecular complexity index is 873. The van der Waals surface area contributed by atoms with Gasteiger partial charge in [-0.25, -0.2) is 0 Å². The summed E-state index contributed by atoms with van der Waals surface area (Å²) in [4.78, 5) is 25.3. The van der Waals surface area contributed by atoms with Crippen LogP contribution in [-0.2, 0) is 11.2 Å². The minimum atomic E-state index is -0.782. The molecule has 1 amide bonds. The molecule has 0 radical (unpaired) electrons. The van der Waals surface area contributed by atoms with Gasteiger partial charge in [-0.2, -0.15) is 0 Å². The van der Waals surface area contributed by atoms with Crippen molar-refractivity contribution >= 4 is 28.9 Å². The van der Waals surface area contributed by atoms with Gasteiger partial charge in [0.25, 0.3) is 5.69 Å². The van der Waals surface area contributed by atoms with Crippen molar-refractivity contribution < 1.29 is 14.8 Å². The first-order valence-corrected chi connectivity index (χ1v) is 8.94. The number of aliphatic hydroxyl groups excluding tert-OH is 1. The van der Waals surface area contributed by atoms with E-state index in [0.29, 0.717) is 18.5 Å². The second kappa shape index (κ2) is 8.04. The van der Waals surface area contributed by atoms with Gasteiger partial charge in [0.15, 0.2) is 0 Å². The Morgan fingerprint density at radius 1 is 1.41 bits per heavy atom. The zero-order valence-electron chi connectivity index (χ0n) is 14.8. The van der Waals surface area contributed by atoms with Gasteiger partial charge in [0.05, 0.1) is 9.95 Å².